The molecular formula is C12H13NO2. The molecule has 15 heavy (non-hydrogen) atoms. The lowest BCUT2D eigenvalue weighted by atomic mass is 10.0. The number of nitrogens with zero attached hydrogens (tertiary/aromatic N) is 1. The fourth-order valence-corrected chi connectivity index (χ4v) is 1.42. The lowest BCUT2D eigenvalue weighted by Gasteiger charge is -2.11. The average Bonchev–Trinajstić information content (AvgIpc) is 2.58. The fourth-order valence-electron chi connectivity index (χ4n) is 1.42. The smallest absolute Gasteiger partial charge is 0.340 e. The summed E-state index contributed by atoms with van der Waals surface area (Å²) in [5.74, 6) is 0.175. The molecule has 0 bridgehead atoms. The SMILES string of the molecule is CCC1(C)N=C(c2ccccc2)OC1=O. The molecule has 1 unspecified atom stereocenters. The minimum absolute atomic E-state index is 0.260. The van der Waals surface area contributed by atoms with Crippen molar-refractivity contribution in [2.24, 2.45) is 4.99 Å². The Morgan fingerprint density at radius 2 is 2.00 bits per heavy atom. The fraction of sp³-hybridized carbons (Fsp3) is 0.333. The monoisotopic (exact) mass is 203 g/mol. The Morgan fingerprint density at radius 1 is 1.33 bits per heavy atom. The van der Waals surface area contributed by atoms with Crippen LogP contribution in [0, 0.1) is 0 Å². The van der Waals surface area contributed by atoms with Crippen LogP contribution in [0.2, 0.25) is 0 Å². The Kier molecular flexibility index (Phi) is 2.31. The van der Waals surface area contributed by atoms with Crippen molar-refractivity contribution < 1.29 is 9.53 Å². The van der Waals surface area contributed by atoms with Gasteiger partial charge in [-0.2, -0.15) is 0 Å². The van der Waals surface area contributed by atoms with E-state index in [0.29, 0.717) is 12.3 Å². The summed E-state index contributed by atoms with van der Waals surface area (Å²) in [5.41, 5.74) is 0.147. The van der Waals surface area contributed by atoms with Crippen molar-refractivity contribution in [1.82, 2.24) is 0 Å². The van der Waals surface area contributed by atoms with Crippen LogP contribution in [-0.2, 0) is 9.53 Å². The van der Waals surface area contributed by atoms with Gasteiger partial charge in [-0.3, -0.25) is 0 Å². The Labute approximate surface area is 88.8 Å². The summed E-state index contributed by atoms with van der Waals surface area (Å²) in [6.07, 6.45) is 0.655. The van der Waals surface area contributed by atoms with Crippen LogP contribution in [0.3, 0.4) is 0 Å². The molecule has 0 aliphatic carbocycles. The highest BCUT2D eigenvalue weighted by Crippen LogP contribution is 2.25. The van der Waals surface area contributed by atoms with Crippen LogP contribution < -0.4 is 0 Å². The molecule has 1 aliphatic heterocycles. The van der Waals surface area contributed by atoms with Crippen molar-refractivity contribution in [1.29, 1.82) is 0 Å². The Hall–Kier alpha value is -1.64. The summed E-state index contributed by atoms with van der Waals surface area (Å²) in [5, 5.41) is 0. The normalized spacial score (nSPS) is 24.9. The van der Waals surface area contributed by atoms with Gasteiger partial charge in [-0.1, -0.05) is 25.1 Å². The molecule has 1 aromatic rings. The first-order valence-corrected chi connectivity index (χ1v) is 5.03. The maximum atomic E-state index is 11.6. The zero-order valence-electron chi connectivity index (χ0n) is 8.86. The molecule has 0 radical (unpaired) electrons. The second kappa shape index (κ2) is 3.50. The topological polar surface area (TPSA) is 38.7 Å². The van der Waals surface area contributed by atoms with E-state index in [9.17, 15) is 4.79 Å². The highest BCUT2D eigenvalue weighted by Gasteiger charge is 2.40. The summed E-state index contributed by atoms with van der Waals surface area (Å²) >= 11 is 0. The van der Waals surface area contributed by atoms with Crippen LogP contribution in [0.4, 0.5) is 0 Å². The molecule has 78 valence electrons. The minimum Gasteiger partial charge on any atom is -0.405 e. The molecule has 1 aliphatic rings. The van der Waals surface area contributed by atoms with Gasteiger partial charge in [-0.15, -0.1) is 0 Å². The number of hydrogen-bond acceptors (Lipinski definition) is 3. The van der Waals surface area contributed by atoms with Crippen LogP contribution in [0.15, 0.2) is 35.3 Å². The van der Waals surface area contributed by atoms with Crippen molar-refractivity contribution >= 4 is 11.9 Å². The zero-order chi connectivity index (χ0) is 10.9. The molecule has 0 fully saturated rings. The van der Waals surface area contributed by atoms with Crippen molar-refractivity contribution in [2.75, 3.05) is 0 Å². The van der Waals surface area contributed by atoms with Gasteiger partial charge in [-0.05, 0) is 25.5 Å². The number of ether oxygens (including phenoxy) is 1. The van der Waals surface area contributed by atoms with Gasteiger partial charge >= 0.3 is 5.97 Å². The highest BCUT2D eigenvalue weighted by molar-refractivity contribution is 6.07. The van der Waals surface area contributed by atoms with E-state index in [-0.39, 0.29) is 5.97 Å². The second-order valence-electron chi connectivity index (χ2n) is 3.80. The Balaban J connectivity index is 2.35. The molecule has 1 aromatic carbocycles. The molecule has 1 heterocycles. The first-order chi connectivity index (χ1) is 7.15. The number of benzene rings is 1. The van der Waals surface area contributed by atoms with Crippen molar-refractivity contribution in [3.8, 4) is 0 Å². The lowest BCUT2D eigenvalue weighted by Crippen LogP contribution is -2.28. The van der Waals surface area contributed by atoms with Gasteiger partial charge in [0.2, 0.25) is 5.90 Å². The van der Waals surface area contributed by atoms with Crippen LogP contribution in [-0.4, -0.2) is 17.4 Å². The zero-order valence-corrected chi connectivity index (χ0v) is 8.86. The number of carbonyl (C=O) groups excluding carboxylic acids is 1. The molecule has 0 aromatic heterocycles. The van der Waals surface area contributed by atoms with Crippen molar-refractivity contribution in [3.63, 3.8) is 0 Å². The van der Waals surface area contributed by atoms with Gasteiger partial charge in [-0.25, -0.2) is 9.79 Å². The van der Waals surface area contributed by atoms with E-state index in [1.165, 1.54) is 0 Å². The summed E-state index contributed by atoms with van der Waals surface area (Å²) in [6, 6.07) is 9.47. The molecular weight excluding hydrogens is 190 g/mol. The van der Waals surface area contributed by atoms with Gasteiger partial charge in [0.25, 0.3) is 0 Å². The average molecular weight is 203 g/mol. The molecule has 3 heteroatoms. The van der Waals surface area contributed by atoms with Crippen LogP contribution in [0.1, 0.15) is 25.8 Å². The first kappa shape index (κ1) is 9.90. The van der Waals surface area contributed by atoms with Crippen molar-refractivity contribution in [3.05, 3.63) is 35.9 Å². The first-order valence-electron chi connectivity index (χ1n) is 5.03. The summed E-state index contributed by atoms with van der Waals surface area (Å²) in [6.45, 7) is 3.73. The summed E-state index contributed by atoms with van der Waals surface area (Å²) in [4.78, 5) is 15.9. The van der Waals surface area contributed by atoms with Gasteiger partial charge < -0.3 is 4.74 Å². The Morgan fingerprint density at radius 3 is 2.53 bits per heavy atom. The number of hydrogen-bond donors (Lipinski definition) is 0. The van der Waals surface area contributed by atoms with Gasteiger partial charge in [0.1, 0.15) is 0 Å². The number of rotatable bonds is 2. The van der Waals surface area contributed by atoms with Crippen molar-refractivity contribution in [2.45, 2.75) is 25.8 Å². The molecule has 1 atom stereocenters. The van der Waals surface area contributed by atoms with E-state index in [1.807, 2.05) is 37.3 Å². The van der Waals surface area contributed by atoms with E-state index in [1.54, 1.807) is 6.92 Å². The number of cyclic esters (lactones) is 1. The standard InChI is InChI=1S/C12H13NO2/c1-3-12(2)11(14)15-10(13-12)9-7-5-4-6-8-9/h4-8H,3H2,1-2H3. The molecule has 0 saturated carbocycles. The second-order valence-corrected chi connectivity index (χ2v) is 3.80. The minimum atomic E-state index is -0.703. The number of esters is 1. The lowest BCUT2D eigenvalue weighted by molar-refractivity contribution is -0.138. The highest BCUT2D eigenvalue weighted by atomic mass is 16.6. The third kappa shape index (κ3) is 1.65. The van der Waals surface area contributed by atoms with Gasteiger partial charge in [0.15, 0.2) is 5.54 Å². The maximum absolute atomic E-state index is 11.6. The van der Waals surface area contributed by atoms with E-state index in [0.717, 1.165) is 5.56 Å². The Bertz CT molecular complexity index is 411. The van der Waals surface area contributed by atoms with Crippen LogP contribution in [0.25, 0.3) is 0 Å². The third-order valence-corrected chi connectivity index (χ3v) is 2.69. The summed E-state index contributed by atoms with van der Waals surface area (Å²) in [7, 11) is 0. The predicted molar refractivity (Wildman–Crippen MR) is 57.8 cm³/mol. The van der Waals surface area contributed by atoms with Gasteiger partial charge in [0.05, 0.1) is 0 Å². The van der Waals surface area contributed by atoms with Crippen LogP contribution >= 0.6 is 0 Å². The quantitative estimate of drug-likeness (QED) is 0.691. The van der Waals surface area contributed by atoms with Gasteiger partial charge in [0, 0.05) is 5.56 Å². The van der Waals surface area contributed by atoms with E-state index < -0.39 is 5.54 Å². The molecule has 3 nitrogen and oxygen atoms in total. The predicted octanol–water partition coefficient (Wildman–Crippen LogP) is 2.16. The van der Waals surface area contributed by atoms with E-state index >= 15 is 0 Å². The number of aliphatic imine (C=N–C) groups is 1. The third-order valence-electron chi connectivity index (χ3n) is 2.69. The molecule has 2 rings (SSSR count). The molecule has 0 spiro atoms. The summed E-state index contributed by atoms with van der Waals surface area (Å²) < 4.78 is 5.16. The van der Waals surface area contributed by atoms with E-state index in [4.69, 9.17) is 4.74 Å². The molecule has 0 saturated heterocycles. The van der Waals surface area contributed by atoms with E-state index in [2.05, 4.69) is 4.99 Å². The largest absolute Gasteiger partial charge is 0.405 e. The van der Waals surface area contributed by atoms with Crippen LogP contribution in [0.5, 0.6) is 0 Å². The molecule has 0 amide bonds. The molecule has 0 N–H and O–H groups in total. The maximum Gasteiger partial charge on any atom is 0.340 e. The number of carbonyl (C=O) groups is 1.